The molecule has 3 heterocycles. The first-order chi connectivity index (χ1) is 15.4. The molecule has 6 nitrogen and oxygen atoms in total. The molecule has 1 aliphatic rings. The van der Waals surface area contributed by atoms with Gasteiger partial charge in [0, 0.05) is 59.4 Å². The molecule has 1 fully saturated rings. The maximum Gasteiger partial charge on any atom is 0.248 e. The molecule has 0 bridgehead atoms. The number of rotatable bonds is 6. The van der Waals surface area contributed by atoms with E-state index in [2.05, 4.69) is 15.3 Å². The number of ether oxygens (including phenoxy) is 1. The molecule has 0 atom stereocenters. The van der Waals surface area contributed by atoms with Crippen molar-refractivity contribution < 1.29 is 13.5 Å². The number of methoxy groups -OCH3 is 1. The van der Waals surface area contributed by atoms with Gasteiger partial charge in [0.1, 0.15) is 0 Å². The zero-order valence-corrected chi connectivity index (χ0v) is 17.9. The van der Waals surface area contributed by atoms with Crippen LogP contribution in [0.1, 0.15) is 25.0 Å². The van der Waals surface area contributed by atoms with Gasteiger partial charge in [-0.25, -0.2) is 8.78 Å². The van der Waals surface area contributed by atoms with E-state index >= 15 is 0 Å². The standard InChI is InChI=1S/C24H23F2N5O/c1-15-3-6-20(19-13-27-31(14-19)8-7-16-11-24(25,26)12-16)23(28-15)18-5-4-17-10-22(32-2)30-29-21(17)9-18/h3-6,9-10,13-14,16H,7-8,11-12H2,1-2H3. The van der Waals surface area contributed by atoms with E-state index < -0.39 is 5.92 Å². The molecule has 1 aliphatic carbocycles. The van der Waals surface area contributed by atoms with E-state index in [0.717, 1.165) is 39.0 Å². The maximum absolute atomic E-state index is 13.1. The molecular formula is C24H23F2N5O. The Morgan fingerprint density at radius 1 is 1.09 bits per heavy atom. The number of alkyl halides is 2. The number of hydrogen-bond acceptors (Lipinski definition) is 5. The van der Waals surface area contributed by atoms with E-state index in [-0.39, 0.29) is 18.8 Å². The molecule has 0 spiro atoms. The number of aromatic nitrogens is 5. The van der Waals surface area contributed by atoms with Crippen LogP contribution in [-0.2, 0) is 6.54 Å². The Kier molecular flexibility index (Phi) is 5.07. The second-order valence-corrected chi connectivity index (χ2v) is 8.42. The number of fused-ring (bicyclic) bond motifs is 1. The summed E-state index contributed by atoms with van der Waals surface area (Å²) in [6.07, 6.45) is 4.45. The van der Waals surface area contributed by atoms with Gasteiger partial charge in [-0.2, -0.15) is 5.10 Å². The van der Waals surface area contributed by atoms with Crippen LogP contribution in [0, 0.1) is 12.8 Å². The Labute approximate surface area is 184 Å². The van der Waals surface area contributed by atoms with Gasteiger partial charge in [0.15, 0.2) is 0 Å². The number of benzene rings is 1. The van der Waals surface area contributed by atoms with Crippen molar-refractivity contribution in [1.29, 1.82) is 0 Å². The first-order valence-electron chi connectivity index (χ1n) is 10.6. The number of hydrogen-bond donors (Lipinski definition) is 0. The Hall–Kier alpha value is -3.42. The van der Waals surface area contributed by atoms with Crippen molar-refractivity contribution in [2.75, 3.05) is 7.11 Å². The van der Waals surface area contributed by atoms with Gasteiger partial charge in [-0.1, -0.05) is 18.2 Å². The van der Waals surface area contributed by atoms with Crippen molar-refractivity contribution in [2.45, 2.75) is 38.7 Å². The van der Waals surface area contributed by atoms with Crippen molar-refractivity contribution in [3.05, 3.63) is 54.5 Å². The summed E-state index contributed by atoms with van der Waals surface area (Å²) in [6, 6.07) is 11.8. The summed E-state index contributed by atoms with van der Waals surface area (Å²) in [5, 5.41) is 13.7. The lowest BCUT2D eigenvalue weighted by molar-refractivity contribution is -0.112. The van der Waals surface area contributed by atoms with Gasteiger partial charge in [0.2, 0.25) is 11.8 Å². The van der Waals surface area contributed by atoms with Crippen LogP contribution in [0.2, 0.25) is 0 Å². The van der Waals surface area contributed by atoms with Crippen LogP contribution in [0.15, 0.2) is 48.8 Å². The molecule has 32 heavy (non-hydrogen) atoms. The first kappa shape index (κ1) is 20.5. The van der Waals surface area contributed by atoms with E-state index in [0.29, 0.717) is 18.8 Å². The average molecular weight is 435 g/mol. The van der Waals surface area contributed by atoms with Crippen molar-refractivity contribution in [3.63, 3.8) is 0 Å². The fourth-order valence-corrected chi connectivity index (χ4v) is 4.20. The van der Waals surface area contributed by atoms with Gasteiger partial charge in [0.05, 0.1) is 24.5 Å². The largest absolute Gasteiger partial charge is 0.480 e. The van der Waals surface area contributed by atoms with Crippen molar-refractivity contribution in [2.24, 2.45) is 5.92 Å². The Bertz CT molecular complexity index is 1280. The Morgan fingerprint density at radius 3 is 2.72 bits per heavy atom. The molecule has 0 radical (unpaired) electrons. The summed E-state index contributed by atoms with van der Waals surface area (Å²) < 4.78 is 33.1. The fourth-order valence-electron chi connectivity index (χ4n) is 4.20. The molecule has 0 saturated heterocycles. The lowest BCUT2D eigenvalue weighted by atomic mass is 9.79. The summed E-state index contributed by atoms with van der Waals surface area (Å²) in [6.45, 7) is 2.58. The van der Waals surface area contributed by atoms with Gasteiger partial charge < -0.3 is 4.74 Å². The SMILES string of the molecule is COc1cc2ccc(-c3nc(C)ccc3-c3cnn(CCC4CC(F)(F)C4)c3)cc2nn1. The second kappa shape index (κ2) is 7.93. The summed E-state index contributed by atoms with van der Waals surface area (Å²) >= 11 is 0. The highest BCUT2D eigenvalue weighted by molar-refractivity contribution is 5.88. The minimum Gasteiger partial charge on any atom is -0.480 e. The summed E-state index contributed by atoms with van der Waals surface area (Å²) in [4.78, 5) is 4.79. The summed E-state index contributed by atoms with van der Waals surface area (Å²) in [5.41, 5.74) is 5.32. The predicted octanol–water partition coefficient (Wildman–Crippen LogP) is 5.31. The van der Waals surface area contributed by atoms with Crippen molar-refractivity contribution >= 4 is 10.9 Å². The number of pyridine rings is 1. The second-order valence-electron chi connectivity index (χ2n) is 8.42. The number of aryl methyl sites for hydroxylation is 2. The molecule has 0 unspecified atom stereocenters. The van der Waals surface area contributed by atoms with E-state index in [1.807, 2.05) is 54.2 Å². The predicted molar refractivity (Wildman–Crippen MR) is 118 cm³/mol. The number of halogens is 2. The third kappa shape index (κ3) is 4.04. The van der Waals surface area contributed by atoms with Crippen LogP contribution in [0.4, 0.5) is 8.78 Å². The lowest BCUT2D eigenvalue weighted by Crippen LogP contribution is -2.35. The van der Waals surface area contributed by atoms with Crippen LogP contribution >= 0.6 is 0 Å². The van der Waals surface area contributed by atoms with Gasteiger partial charge in [-0.3, -0.25) is 9.67 Å². The zero-order chi connectivity index (χ0) is 22.3. The van der Waals surface area contributed by atoms with Crippen molar-refractivity contribution in [1.82, 2.24) is 25.0 Å². The van der Waals surface area contributed by atoms with Crippen LogP contribution in [-0.4, -0.2) is 38.0 Å². The van der Waals surface area contributed by atoms with Gasteiger partial charge in [-0.05, 0) is 31.4 Å². The zero-order valence-electron chi connectivity index (χ0n) is 17.9. The summed E-state index contributed by atoms with van der Waals surface area (Å²) in [7, 11) is 1.56. The molecule has 4 aromatic rings. The Balaban J connectivity index is 1.43. The quantitative estimate of drug-likeness (QED) is 0.411. The molecular weight excluding hydrogens is 412 g/mol. The van der Waals surface area contributed by atoms with Crippen molar-refractivity contribution in [3.8, 4) is 28.3 Å². The fraction of sp³-hybridized carbons (Fsp3) is 0.333. The topological polar surface area (TPSA) is 65.7 Å². The lowest BCUT2D eigenvalue weighted by Gasteiger charge is -2.34. The molecule has 164 valence electrons. The third-order valence-corrected chi connectivity index (χ3v) is 5.97. The number of nitrogens with zero attached hydrogens (tertiary/aromatic N) is 5. The molecule has 8 heteroatoms. The minimum atomic E-state index is -2.47. The summed E-state index contributed by atoms with van der Waals surface area (Å²) in [5.74, 6) is -1.93. The van der Waals surface area contributed by atoms with E-state index in [9.17, 15) is 8.78 Å². The van der Waals surface area contributed by atoms with Crippen LogP contribution in [0.5, 0.6) is 5.88 Å². The molecule has 3 aromatic heterocycles. The molecule has 1 aromatic carbocycles. The van der Waals surface area contributed by atoms with Crippen LogP contribution < -0.4 is 4.74 Å². The van der Waals surface area contributed by atoms with Crippen LogP contribution in [0.3, 0.4) is 0 Å². The first-order valence-corrected chi connectivity index (χ1v) is 10.6. The maximum atomic E-state index is 13.1. The average Bonchev–Trinajstić information content (AvgIpc) is 3.24. The minimum absolute atomic E-state index is 0.0100. The molecule has 1 saturated carbocycles. The third-order valence-electron chi connectivity index (χ3n) is 5.97. The molecule has 0 N–H and O–H groups in total. The van der Waals surface area contributed by atoms with Gasteiger partial charge in [-0.15, -0.1) is 10.2 Å². The van der Waals surface area contributed by atoms with E-state index in [1.165, 1.54) is 0 Å². The highest BCUT2D eigenvalue weighted by atomic mass is 19.3. The highest BCUT2D eigenvalue weighted by Crippen LogP contribution is 2.44. The van der Waals surface area contributed by atoms with E-state index in [4.69, 9.17) is 9.72 Å². The normalized spacial score (nSPS) is 15.6. The highest BCUT2D eigenvalue weighted by Gasteiger charge is 2.44. The molecule has 5 rings (SSSR count). The monoisotopic (exact) mass is 435 g/mol. The Morgan fingerprint density at radius 2 is 1.94 bits per heavy atom. The van der Waals surface area contributed by atoms with E-state index in [1.54, 1.807) is 13.3 Å². The molecule has 0 amide bonds. The van der Waals surface area contributed by atoms with Gasteiger partial charge >= 0.3 is 0 Å². The molecule has 0 aliphatic heterocycles. The smallest absolute Gasteiger partial charge is 0.248 e. The van der Waals surface area contributed by atoms with Gasteiger partial charge in [0.25, 0.3) is 0 Å². The van der Waals surface area contributed by atoms with Crippen LogP contribution in [0.25, 0.3) is 33.3 Å².